The maximum atomic E-state index is 13.4. The van der Waals surface area contributed by atoms with Crippen molar-refractivity contribution < 1.29 is 9.59 Å². The Balaban J connectivity index is 2.35. The van der Waals surface area contributed by atoms with Gasteiger partial charge in [-0.25, -0.2) is 0 Å². The molecule has 0 fully saturated rings. The molecule has 0 spiro atoms. The number of halogens is 1. The molecule has 0 saturated carbocycles. The lowest BCUT2D eigenvalue weighted by atomic mass is 10.0. The van der Waals surface area contributed by atoms with Gasteiger partial charge in [-0.3, -0.25) is 9.59 Å². The Kier molecular flexibility index (Phi) is 8.08. The summed E-state index contributed by atoms with van der Waals surface area (Å²) >= 11 is 6.37. The lowest BCUT2D eigenvalue weighted by Gasteiger charge is -2.33. The number of nitrogens with one attached hydrogen (secondary N) is 1. The van der Waals surface area contributed by atoms with Crippen LogP contribution in [-0.4, -0.2) is 28.3 Å². The molecular weight excluding hydrogens is 396 g/mol. The third kappa shape index (κ3) is 6.60. The van der Waals surface area contributed by atoms with E-state index < -0.39 is 6.04 Å². The standard InChI is InChI=1S/C25H33ClN2O2/c1-7-22(24(30)27-25(4,5)6)28(16-20-10-8-9-11-21(20)26)23(29)15-19-13-12-17(2)18(3)14-19/h8-14,22H,7,15-16H2,1-6H3,(H,27,30). The predicted octanol–water partition coefficient (Wildman–Crippen LogP) is 5.22. The van der Waals surface area contributed by atoms with Crippen LogP contribution >= 0.6 is 11.6 Å². The van der Waals surface area contributed by atoms with E-state index in [-0.39, 0.29) is 23.8 Å². The Morgan fingerprint density at radius 3 is 2.30 bits per heavy atom. The van der Waals surface area contributed by atoms with Gasteiger partial charge in [-0.05, 0) is 69.4 Å². The normalized spacial score (nSPS) is 12.4. The van der Waals surface area contributed by atoms with Crippen molar-refractivity contribution in [3.05, 3.63) is 69.7 Å². The monoisotopic (exact) mass is 428 g/mol. The van der Waals surface area contributed by atoms with Crippen molar-refractivity contribution in [3.8, 4) is 0 Å². The molecule has 30 heavy (non-hydrogen) atoms. The van der Waals surface area contributed by atoms with Crippen molar-refractivity contribution >= 4 is 23.4 Å². The largest absolute Gasteiger partial charge is 0.350 e. The number of rotatable bonds is 7. The molecule has 2 aromatic carbocycles. The zero-order valence-electron chi connectivity index (χ0n) is 18.9. The Hall–Kier alpha value is -2.33. The highest BCUT2D eigenvalue weighted by Gasteiger charge is 2.31. The van der Waals surface area contributed by atoms with Crippen LogP contribution in [0.4, 0.5) is 0 Å². The molecule has 2 amide bonds. The maximum absolute atomic E-state index is 13.4. The number of hydrogen-bond donors (Lipinski definition) is 1. The van der Waals surface area contributed by atoms with Crippen LogP contribution in [0, 0.1) is 13.8 Å². The first-order valence-corrected chi connectivity index (χ1v) is 10.8. The number of carbonyl (C=O) groups is 2. The minimum Gasteiger partial charge on any atom is -0.350 e. The molecule has 0 aliphatic rings. The summed E-state index contributed by atoms with van der Waals surface area (Å²) in [6.07, 6.45) is 0.760. The molecule has 2 rings (SSSR count). The van der Waals surface area contributed by atoms with E-state index in [1.807, 2.05) is 71.0 Å². The van der Waals surface area contributed by atoms with E-state index in [9.17, 15) is 9.59 Å². The summed E-state index contributed by atoms with van der Waals surface area (Å²) in [5.74, 6) is -0.237. The van der Waals surface area contributed by atoms with Gasteiger partial charge in [0.1, 0.15) is 6.04 Å². The van der Waals surface area contributed by atoms with Crippen molar-refractivity contribution in [1.82, 2.24) is 10.2 Å². The summed E-state index contributed by atoms with van der Waals surface area (Å²) in [4.78, 5) is 28.1. The minimum atomic E-state index is -0.570. The molecule has 0 heterocycles. The molecule has 1 unspecified atom stereocenters. The van der Waals surface area contributed by atoms with Gasteiger partial charge in [0, 0.05) is 17.1 Å². The third-order valence-electron chi connectivity index (χ3n) is 5.11. The number of aryl methyl sites for hydroxylation is 2. The number of carbonyl (C=O) groups excluding carboxylic acids is 2. The smallest absolute Gasteiger partial charge is 0.243 e. The van der Waals surface area contributed by atoms with E-state index >= 15 is 0 Å². The Morgan fingerprint density at radius 1 is 1.07 bits per heavy atom. The van der Waals surface area contributed by atoms with Crippen LogP contribution in [0.15, 0.2) is 42.5 Å². The molecule has 0 aliphatic heterocycles. The molecule has 1 atom stereocenters. The number of amides is 2. The molecule has 162 valence electrons. The van der Waals surface area contributed by atoms with Crippen LogP contribution in [0.2, 0.25) is 5.02 Å². The highest BCUT2D eigenvalue weighted by Crippen LogP contribution is 2.21. The second-order valence-electron chi connectivity index (χ2n) is 8.87. The summed E-state index contributed by atoms with van der Waals surface area (Å²) in [6, 6.07) is 12.9. The molecular formula is C25H33ClN2O2. The summed E-state index contributed by atoms with van der Waals surface area (Å²) in [5, 5.41) is 3.61. The number of hydrogen-bond acceptors (Lipinski definition) is 2. The summed E-state index contributed by atoms with van der Waals surface area (Å²) in [6.45, 7) is 12.1. The molecule has 0 bridgehead atoms. The lowest BCUT2D eigenvalue weighted by molar-refractivity contribution is -0.141. The zero-order valence-corrected chi connectivity index (χ0v) is 19.6. The highest BCUT2D eigenvalue weighted by atomic mass is 35.5. The first-order valence-electron chi connectivity index (χ1n) is 10.4. The van der Waals surface area contributed by atoms with Crippen molar-refractivity contribution in [3.63, 3.8) is 0 Å². The molecule has 1 N–H and O–H groups in total. The van der Waals surface area contributed by atoms with Crippen LogP contribution in [0.3, 0.4) is 0 Å². The molecule has 0 aromatic heterocycles. The van der Waals surface area contributed by atoms with E-state index in [0.29, 0.717) is 18.0 Å². The van der Waals surface area contributed by atoms with E-state index in [1.54, 1.807) is 11.0 Å². The van der Waals surface area contributed by atoms with E-state index in [1.165, 1.54) is 5.56 Å². The van der Waals surface area contributed by atoms with E-state index in [4.69, 9.17) is 11.6 Å². The van der Waals surface area contributed by atoms with Crippen LogP contribution in [0.25, 0.3) is 0 Å². The zero-order chi connectivity index (χ0) is 22.5. The Bertz CT molecular complexity index is 902. The van der Waals surface area contributed by atoms with Crippen molar-refractivity contribution in [1.29, 1.82) is 0 Å². The SMILES string of the molecule is CCC(C(=O)NC(C)(C)C)N(Cc1ccccc1Cl)C(=O)Cc1ccc(C)c(C)c1. The van der Waals surface area contributed by atoms with Crippen LogP contribution in [0.5, 0.6) is 0 Å². The topological polar surface area (TPSA) is 49.4 Å². The van der Waals surface area contributed by atoms with Crippen molar-refractivity contribution in [2.24, 2.45) is 0 Å². The second-order valence-corrected chi connectivity index (χ2v) is 9.28. The number of benzene rings is 2. The quantitative estimate of drug-likeness (QED) is 0.657. The number of nitrogens with zero attached hydrogens (tertiary/aromatic N) is 1. The first-order chi connectivity index (χ1) is 14.0. The van der Waals surface area contributed by atoms with Gasteiger partial charge in [0.2, 0.25) is 11.8 Å². The highest BCUT2D eigenvalue weighted by molar-refractivity contribution is 6.31. The molecule has 0 aliphatic carbocycles. The van der Waals surface area contributed by atoms with Gasteiger partial charge >= 0.3 is 0 Å². The average Bonchev–Trinajstić information content (AvgIpc) is 2.64. The van der Waals surface area contributed by atoms with Crippen molar-refractivity contribution in [2.45, 2.75) is 72.5 Å². The molecule has 4 nitrogen and oxygen atoms in total. The van der Waals surface area contributed by atoms with Crippen molar-refractivity contribution in [2.75, 3.05) is 0 Å². The Labute approximate surface area is 185 Å². The second kappa shape index (κ2) is 10.1. The van der Waals surface area contributed by atoms with Crippen LogP contribution in [-0.2, 0) is 22.6 Å². The van der Waals surface area contributed by atoms with Gasteiger partial charge in [0.15, 0.2) is 0 Å². The summed E-state index contributed by atoms with van der Waals surface area (Å²) < 4.78 is 0. The van der Waals surface area contributed by atoms with Gasteiger partial charge in [-0.15, -0.1) is 0 Å². The minimum absolute atomic E-state index is 0.0888. The average molecular weight is 429 g/mol. The fraction of sp³-hybridized carbons (Fsp3) is 0.440. The van der Waals surface area contributed by atoms with Gasteiger partial charge < -0.3 is 10.2 Å². The molecule has 5 heteroatoms. The molecule has 0 saturated heterocycles. The fourth-order valence-electron chi connectivity index (χ4n) is 3.37. The third-order valence-corrected chi connectivity index (χ3v) is 5.48. The van der Waals surface area contributed by atoms with Gasteiger partial charge in [-0.2, -0.15) is 0 Å². The first kappa shape index (κ1) is 23.9. The van der Waals surface area contributed by atoms with E-state index in [2.05, 4.69) is 12.2 Å². The summed E-state index contributed by atoms with van der Waals surface area (Å²) in [7, 11) is 0. The molecule has 2 aromatic rings. The summed E-state index contributed by atoms with van der Waals surface area (Å²) in [5.41, 5.74) is 3.73. The van der Waals surface area contributed by atoms with Gasteiger partial charge in [0.25, 0.3) is 0 Å². The Morgan fingerprint density at radius 2 is 1.73 bits per heavy atom. The van der Waals surface area contributed by atoms with Gasteiger partial charge in [-0.1, -0.05) is 54.9 Å². The predicted molar refractivity (Wildman–Crippen MR) is 124 cm³/mol. The maximum Gasteiger partial charge on any atom is 0.243 e. The lowest BCUT2D eigenvalue weighted by Crippen LogP contribution is -2.53. The molecule has 0 radical (unpaired) electrons. The van der Waals surface area contributed by atoms with Crippen LogP contribution < -0.4 is 5.32 Å². The van der Waals surface area contributed by atoms with Gasteiger partial charge in [0.05, 0.1) is 6.42 Å². The van der Waals surface area contributed by atoms with E-state index in [0.717, 1.165) is 16.7 Å². The fourth-order valence-corrected chi connectivity index (χ4v) is 3.57. The van der Waals surface area contributed by atoms with Crippen LogP contribution in [0.1, 0.15) is 56.4 Å².